The molecule has 0 fully saturated rings. The van der Waals surface area contributed by atoms with Gasteiger partial charge < -0.3 is 23.4 Å². The first-order valence-electron chi connectivity index (χ1n) is 13.9. The smallest absolute Gasteiger partial charge is 0.338 e. The summed E-state index contributed by atoms with van der Waals surface area (Å²) in [6, 6.07) is 20.6. The number of esters is 1. The quantitative estimate of drug-likeness (QED) is 0.116. The molecule has 0 saturated heterocycles. The fraction of sp³-hybridized carbons (Fsp3) is 0.219. The molecule has 0 spiro atoms. The number of hydrogen-bond donors (Lipinski definition) is 1. The Morgan fingerprint density at radius 3 is 2.24 bits per heavy atom. The highest BCUT2D eigenvalue weighted by Crippen LogP contribution is 2.32. The Hall–Kier alpha value is -5.30. The normalized spacial score (nSPS) is 11.2. The van der Waals surface area contributed by atoms with Crippen molar-refractivity contribution in [2.45, 2.75) is 18.7 Å². The van der Waals surface area contributed by atoms with Gasteiger partial charge in [-0.2, -0.15) is 5.10 Å². The Morgan fingerprint density at radius 1 is 0.889 bits per heavy atom. The van der Waals surface area contributed by atoms with Gasteiger partial charge in [-0.05, 0) is 74.5 Å². The molecule has 0 aliphatic heterocycles. The van der Waals surface area contributed by atoms with E-state index in [0.717, 1.165) is 9.87 Å². The zero-order chi connectivity index (χ0) is 32.4. The number of carbonyl (C=O) groups excluding carboxylic acids is 2. The van der Waals surface area contributed by atoms with Gasteiger partial charge in [0, 0.05) is 11.6 Å². The van der Waals surface area contributed by atoms with Crippen molar-refractivity contribution in [3.63, 3.8) is 0 Å². The van der Waals surface area contributed by atoms with E-state index < -0.39 is 28.4 Å². The summed E-state index contributed by atoms with van der Waals surface area (Å²) >= 11 is 0. The van der Waals surface area contributed by atoms with Crippen LogP contribution in [0.3, 0.4) is 0 Å². The second kappa shape index (κ2) is 14.9. The summed E-state index contributed by atoms with van der Waals surface area (Å²) in [4.78, 5) is 24.8. The highest BCUT2D eigenvalue weighted by Gasteiger charge is 2.28. The summed E-state index contributed by atoms with van der Waals surface area (Å²) in [5.74, 6) is 0.849. The maximum absolute atomic E-state index is 13.8. The summed E-state index contributed by atoms with van der Waals surface area (Å²) in [5.41, 5.74) is 3.73. The van der Waals surface area contributed by atoms with E-state index in [9.17, 15) is 18.0 Å². The Kier molecular flexibility index (Phi) is 10.8. The molecule has 12 nitrogen and oxygen atoms in total. The van der Waals surface area contributed by atoms with E-state index in [4.69, 9.17) is 23.4 Å². The first kappa shape index (κ1) is 32.6. The molecule has 3 aromatic carbocycles. The van der Waals surface area contributed by atoms with E-state index >= 15 is 0 Å². The summed E-state index contributed by atoms with van der Waals surface area (Å²) < 4.78 is 55.3. The van der Waals surface area contributed by atoms with Crippen LogP contribution in [0.15, 0.2) is 93.3 Å². The topological polar surface area (TPSA) is 146 Å². The van der Waals surface area contributed by atoms with Gasteiger partial charge in [-0.3, -0.25) is 9.10 Å². The van der Waals surface area contributed by atoms with E-state index in [0.29, 0.717) is 35.2 Å². The van der Waals surface area contributed by atoms with E-state index in [2.05, 4.69) is 10.5 Å². The van der Waals surface area contributed by atoms with Crippen LogP contribution >= 0.6 is 0 Å². The number of amides is 1. The Bertz CT molecular complexity index is 1750. The first-order chi connectivity index (χ1) is 21.7. The molecule has 45 heavy (non-hydrogen) atoms. The SMILES string of the molecule is CCOC(=O)c1ccc(-c2ccc(/C=N\NC(=O)CN(c3ccc(OCC)cc3)S(=O)(=O)c3ccc(OC)c(OC)c3)o2)cc1. The molecular formula is C32H33N3O9S. The van der Waals surface area contributed by atoms with Gasteiger partial charge in [0.2, 0.25) is 0 Å². The zero-order valence-electron chi connectivity index (χ0n) is 25.2. The van der Waals surface area contributed by atoms with Gasteiger partial charge in [0.25, 0.3) is 15.9 Å². The summed E-state index contributed by atoms with van der Waals surface area (Å²) in [5, 5.41) is 3.94. The van der Waals surface area contributed by atoms with Crippen LogP contribution in [-0.4, -0.2) is 60.5 Å². The maximum atomic E-state index is 13.8. The summed E-state index contributed by atoms with van der Waals surface area (Å²) in [7, 11) is -1.41. The van der Waals surface area contributed by atoms with Crippen LogP contribution in [0.25, 0.3) is 11.3 Å². The molecule has 13 heteroatoms. The number of benzene rings is 3. The number of furan rings is 1. The second-order valence-electron chi connectivity index (χ2n) is 9.25. The fourth-order valence-corrected chi connectivity index (χ4v) is 5.63. The van der Waals surface area contributed by atoms with Crippen molar-refractivity contribution in [2.24, 2.45) is 5.10 Å². The average molecular weight is 636 g/mol. The minimum Gasteiger partial charge on any atom is -0.494 e. The van der Waals surface area contributed by atoms with Crippen LogP contribution in [0.5, 0.6) is 17.2 Å². The van der Waals surface area contributed by atoms with Crippen LogP contribution < -0.4 is 23.9 Å². The predicted octanol–water partition coefficient (Wildman–Crippen LogP) is 4.88. The molecule has 0 saturated carbocycles. The molecule has 0 aliphatic rings. The van der Waals surface area contributed by atoms with E-state index in [1.807, 2.05) is 6.92 Å². The lowest BCUT2D eigenvalue weighted by Crippen LogP contribution is -2.39. The van der Waals surface area contributed by atoms with Crippen molar-refractivity contribution in [1.29, 1.82) is 0 Å². The molecule has 4 aromatic rings. The number of hydrogen-bond acceptors (Lipinski definition) is 10. The molecule has 0 bridgehead atoms. The molecule has 1 N–H and O–H groups in total. The van der Waals surface area contributed by atoms with Crippen LogP contribution in [-0.2, 0) is 19.6 Å². The van der Waals surface area contributed by atoms with Crippen LogP contribution in [0.4, 0.5) is 5.69 Å². The number of anilines is 1. The molecule has 1 aromatic heterocycles. The van der Waals surface area contributed by atoms with Gasteiger partial charge in [-0.25, -0.2) is 18.6 Å². The van der Waals surface area contributed by atoms with Crippen molar-refractivity contribution in [3.8, 4) is 28.6 Å². The highest BCUT2D eigenvalue weighted by atomic mass is 32.2. The standard InChI is InChI=1S/C32H33N3O9S/c1-5-42-25-13-11-24(12-14-25)35(45(38,39)27-16-18-29(40-3)30(19-27)41-4)21-31(36)34-33-20-26-15-17-28(44-26)22-7-9-23(10-8-22)32(37)43-6-2/h7-20H,5-6,21H2,1-4H3,(H,34,36)/b33-20-. The lowest BCUT2D eigenvalue weighted by molar-refractivity contribution is -0.119. The van der Waals surface area contributed by atoms with Gasteiger partial charge in [-0.1, -0.05) is 12.1 Å². The van der Waals surface area contributed by atoms with Gasteiger partial charge in [-0.15, -0.1) is 0 Å². The second-order valence-corrected chi connectivity index (χ2v) is 11.1. The minimum absolute atomic E-state index is 0.108. The monoisotopic (exact) mass is 635 g/mol. The van der Waals surface area contributed by atoms with Crippen LogP contribution in [0.1, 0.15) is 30.0 Å². The minimum atomic E-state index is -4.25. The number of carbonyl (C=O) groups is 2. The molecule has 4 rings (SSSR count). The Labute approximate surface area is 261 Å². The molecule has 0 atom stereocenters. The largest absolute Gasteiger partial charge is 0.494 e. The van der Waals surface area contributed by atoms with Crippen molar-refractivity contribution in [3.05, 3.63) is 90.2 Å². The predicted molar refractivity (Wildman–Crippen MR) is 168 cm³/mol. The van der Waals surface area contributed by atoms with Crippen molar-refractivity contribution in [1.82, 2.24) is 5.43 Å². The van der Waals surface area contributed by atoms with Crippen LogP contribution in [0, 0.1) is 0 Å². The maximum Gasteiger partial charge on any atom is 0.338 e. The zero-order valence-corrected chi connectivity index (χ0v) is 26.0. The molecule has 0 radical (unpaired) electrons. The number of nitrogens with one attached hydrogen (secondary N) is 1. The molecular weight excluding hydrogens is 602 g/mol. The molecule has 0 aliphatic carbocycles. The van der Waals surface area contributed by atoms with Gasteiger partial charge in [0.15, 0.2) is 11.5 Å². The number of rotatable bonds is 14. The summed E-state index contributed by atoms with van der Waals surface area (Å²) in [6.45, 7) is 3.71. The summed E-state index contributed by atoms with van der Waals surface area (Å²) in [6.07, 6.45) is 1.29. The third kappa shape index (κ3) is 8.00. The van der Waals surface area contributed by atoms with Crippen LogP contribution in [0.2, 0.25) is 0 Å². The third-order valence-electron chi connectivity index (χ3n) is 6.35. The highest BCUT2D eigenvalue weighted by molar-refractivity contribution is 7.92. The van der Waals surface area contributed by atoms with Crippen molar-refractivity contribution >= 4 is 33.8 Å². The first-order valence-corrected chi connectivity index (χ1v) is 15.3. The van der Waals surface area contributed by atoms with Gasteiger partial charge in [0.1, 0.15) is 23.8 Å². The average Bonchev–Trinajstić information content (AvgIpc) is 3.53. The number of nitrogens with zero attached hydrogens (tertiary/aromatic N) is 2. The van der Waals surface area contributed by atoms with Crippen molar-refractivity contribution in [2.75, 3.05) is 38.3 Å². The number of sulfonamides is 1. The number of ether oxygens (including phenoxy) is 4. The van der Waals surface area contributed by atoms with E-state index in [-0.39, 0.29) is 22.9 Å². The third-order valence-corrected chi connectivity index (χ3v) is 8.12. The lowest BCUT2D eigenvalue weighted by atomic mass is 10.1. The fourth-order valence-electron chi connectivity index (χ4n) is 4.19. The number of methoxy groups -OCH3 is 2. The van der Waals surface area contributed by atoms with E-state index in [1.54, 1.807) is 67.6 Å². The molecule has 236 valence electrons. The lowest BCUT2D eigenvalue weighted by Gasteiger charge is -2.24. The van der Waals surface area contributed by atoms with Crippen molar-refractivity contribution < 1.29 is 41.4 Å². The molecule has 0 unspecified atom stereocenters. The molecule has 1 amide bonds. The number of hydrazone groups is 1. The van der Waals surface area contributed by atoms with E-state index in [1.165, 1.54) is 38.6 Å². The van der Waals surface area contributed by atoms with Gasteiger partial charge in [0.05, 0.1) is 49.8 Å². The Balaban J connectivity index is 1.50. The Morgan fingerprint density at radius 2 is 1.60 bits per heavy atom. The molecule has 1 heterocycles. The van der Waals surface area contributed by atoms with Gasteiger partial charge >= 0.3 is 5.97 Å².